The van der Waals surface area contributed by atoms with Crippen LogP contribution < -0.4 is 5.32 Å². The van der Waals surface area contributed by atoms with Crippen LogP contribution in [0.2, 0.25) is 15.1 Å². The Kier molecular flexibility index (Phi) is 8.87. The number of sulfonamides is 1. The van der Waals surface area contributed by atoms with Gasteiger partial charge >= 0.3 is 0 Å². The molecule has 0 atom stereocenters. The van der Waals surface area contributed by atoms with Gasteiger partial charge in [0.05, 0.1) is 17.1 Å². The van der Waals surface area contributed by atoms with Crippen molar-refractivity contribution < 1.29 is 18.0 Å². The second kappa shape index (κ2) is 12.1. The Morgan fingerprint density at radius 3 is 2.08 bits per heavy atom. The van der Waals surface area contributed by atoms with Crippen molar-refractivity contribution >= 4 is 62.2 Å². The van der Waals surface area contributed by atoms with Gasteiger partial charge in [-0.25, -0.2) is 8.42 Å². The molecule has 1 amide bonds. The molecule has 0 saturated carbocycles. The minimum atomic E-state index is -4.11. The summed E-state index contributed by atoms with van der Waals surface area (Å²) in [5.41, 5.74) is 1.39. The van der Waals surface area contributed by atoms with Crippen LogP contribution in [0.25, 0.3) is 0 Å². The maximum atomic E-state index is 13.5. The van der Waals surface area contributed by atoms with E-state index in [2.05, 4.69) is 5.32 Å². The maximum absolute atomic E-state index is 13.5. The molecule has 38 heavy (non-hydrogen) atoms. The Bertz CT molecular complexity index is 1580. The molecule has 4 aromatic rings. The fraction of sp³-hybridized carbons (Fsp3) is 0.0714. The number of ketones is 1. The molecule has 0 aliphatic heterocycles. The van der Waals surface area contributed by atoms with Gasteiger partial charge in [0.25, 0.3) is 0 Å². The first-order valence-corrected chi connectivity index (χ1v) is 13.9. The van der Waals surface area contributed by atoms with E-state index in [1.54, 1.807) is 54.6 Å². The van der Waals surface area contributed by atoms with E-state index < -0.39 is 22.5 Å². The van der Waals surface area contributed by atoms with Gasteiger partial charge in [0.1, 0.15) is 0 Å². The molecule has 0 bridgehead atoms. The van der Waals surface area contributed by atoms with Gasteiger partial charge in [0.2, 0.25) is 15.9 Å². The molecule has 0 aliphatic rings. The number of carbonyl (C=O) groups is 2. The average Bonchev–Trinajstić information content (AvgIpc) is 2.89. The van der Waals surface area contributed by atoms with Gasteiger partial charge < -0.3 is 5.32 Å². The zero-order valence-electron chi connectivity index (χ0n) is 19.8. The summed E-state index contributed by atoms with van der Waals surface area (Å²) >= 11 is 18.2. The highest BCUT2D eigenvalue weighted by molar-refractivity contribution is 7.89. The van der Waals surface area contributed by atoms with Gasteiger partial charge in [-0.2, -0.15) is 4.31 Å². The van der Waals surface area contributed by atoms with Crippen LogP contribution in [-0.2, 0) is 21.4 Å². The van der Waals surface area contributed by atoms with E-state index in [1.165, 1.54) is 42.5 Å². The average molecular weight is 588 g/mol. The number of halogens is 3. The second-order valence-electron chi connectivity index (χ2n) is 8.29. The van der Waals surface area contributed by atoms with Crippen LogP contribution in [0, 0.1) is 0 Å². The maximum Gasteiger partial charge on any atom is 0.243 e. The SMILES string of the molecule is O=C(CN(Cc1cccc(Cl)c1)S(=O)(=O)c1ccc(Cl)cc1)Nc1ccc(Cl)cc1C(=O)c1ccccc1. The molecule has 194 valence electrons. The van der Waals surface area contributed by atoms with Crippen LogP contribution in [-0.4, -0.2) is 31.0 Å². The quantitative estimate of drug-likeness (QED) is 0.221. The van der Waals surface area contributed by atoms with Crippen LogP contribution >= 0.6 is 34.8 Å². The third-order valence-electron chi connectivity index (χ3n) is 5.56. The first kappa shape index (κ1) is 27.8. The van der Waals surface area contributed by atoms with Gasteiger partial charge in [0.15, 0.2) is 5.78 Å². The van der Waals surface area contributed by atoms with Crippen LogP contribution in [0.15, 0.2) is 102 Å². The molecule has 0 heterocycles. The van der Waals surface area contributed by atoms with E-state index >= 15 is 0 Å². The summed E-state index contributed by atoms with van der Waals surface area (Å²) in [4.78, 5) is 26.3. The molecule has 4 rings (SSSR count). The Balaban J connectivity index is 1.63. The van der Waals surface area contributed by atoms with Crippen molar-refractivity contribution in [2.24, 2.45) is 0 Å². The summed E-state index contributed by atoms with van der Waals surface area (Å²) in [7, 11) is -4.11. The Labute approximate surface area is 235 Å². The minimum absolute atomic E-state index is 0.0248. The van der Waals surface area contributed by atoms with Crippen molar-refractivity contribution in [3.8, 4) is 0 Å². The predicted molar refractivity (Wildman–Crippen MR) is 150 cm³/mol. The van der Waals surface area contributed by atoms with Gasteiger partial charge in [-0.15, -0.1) is 0 Å². The Hall–Kier alpha value is -3.20. The van der Waals surface area contributed by atoms with E-state index in [9.17, 15) is 18.0 Å². The number of nitrogens with zero attached hydrogens (tertiary/aromatic N) is 1. The zero-order valence-corrected chi connectivity index (χ0v) is 22.9. The van der Waals surface area contributed by atoms with Crippen molar-refractivity contribution in [3.05, 3.63) is 129 Å². The molecule has 0 saturated heterocycles. The second-order valence-corrected chi connectivity index (χ2v) is 11.5. The monoisotopic (exact) mass is 586 g/mol. The molecule has 0 fully saturated rings. The van der Waals surface area contributed by atoms with Gasteiger partial charge in [-0.1, -0.05) is 77.3 Å². The number of carbonyl (C=O) groups excluding carboxylic acids is 2. The Morgan fingerprint density at radius 1 is 0.737 bits per heavy atom. The standard InChI is InChI=1S/C28H21Cl3N2O4S/c29-21-9-12-24(13-10-21)38(36,37)33(17-19-5-4-8-22(30)15-19)18-27(34)32-26-14-11-23(31)16-25(26)28(35)20-6-2-1-3-7-20/h1-16H,17-18H2,(H,32,34). The van der Waals surface area contributed by atoms with E-state index in [0.717, 1.165) is 4.31 Å². The number of rotatable bonds is 9. The number of nitrogens with one attached hydrogen (secondary N) is 1. The molecule has 0 aromatic heterocycles. The first-order chi connectivity index (χ1) is 18.1. The molecule has 10 heteroatoms. The highest BCUT2D eigenvalue weighted by Gasteiger charge is 2.28. The molecular formula is C28H21Cl3N2O4S. The lowest BCUT2D eigenvalue weighted by atomic mass is 10.0. The number of anilines is 1. The molecule has 0 unspecified atom stereocenters. The molecule has 0 radical (unpaired) electrons. The molecule has 4 aromatic carbocycles. The normalized spacial score (nSPS) is 11.4. The number of amides is 1. The van der Waals surface area contributed by atoms with Crippen molar-refractivity contribution in [2.45, 2.75) is 11.4 Å². The Morgan fingerprint density at radius 2 is 1.39 bits per heavy atom. The predicted octanol–water partition coefficient (Wildman–Crippen LogP) is 6.71. The lowest BCUT2D eigenvalue weighted by Crippen LogP contribution is -2.37. The lowest BCUT2D eigenvalue weighted by Gasteiger charge is -2.22. The van der Waals surface area contributed by atoms with E-state index in [-0.39, 0.29) is 28.5 Å². The van der Waals surface area contributed by atoms with E-state index in [4.69, 9.17) is 34.8 Å². The van der Waals surface area contributed by atoms with Crippen LogP contribution in [0.1, 0.15) is 21.5 Å². The molecule has 6 nitrogen and oxygen atoms in total. The summed E-state index contributed by atoms with van der Waals surface area (Å²) in [6.07, 6.45) is 0. The van der Waals surface area contributed by atoms with E-state index in [1.807, 2.05) is 0 Å². The largest absolute Gasteiger partial charge is 0.324 e. The van der Waals surface area contributed by atoms with Crippen molar-refractivity contribution in [3.63, 3.8) is 0 Å². The number of benzene rings is 4. The lowest BCUT2D eigenvalue weighted by molar-refractivity contribution is -0.116. The molecule has 0 spiro atoms. The highest BCUT2D eigenvalue weighted by Crippen LogP contribution is 2.25. The third kappa shape index (κ3) is 6.81. The van der Waals surface area contributed by atoms with Crippen LogP contribution in [0.3, 0.4) is 0 Å². The fourth-order valence-corrected chi connectivity index (χ4v) is 5.62. The minimum Gasteiger partial charge on any atom is -0.324 e. The number of hydrogen-bond acceptors (Lipinski definition) is 4. The third-order valence-corrected chi connectivity index (χ3v) is 8.08. The summed E-state index contributed by atoms with van der Waals surface area (Å²) in [6.45, 7) is -0.644. The summed E-state index contributed by atoms with van der Waals surface area (Å²) < 4.78 is 28.1. The topological polar surface area (TPSA) is 83.6 Å². The van der Waals surface area contributed by atoms with Crippen molar-refractivity contribution in [1.29, 1.82) is 0 Å². The number of hydrogen-bond donors (Lipinski definition) is 1. The highest BCUT2D eigenvalue weighted by atomic mass is 35.5. The van der Waals surface area contributed by atoms with Gasteiger partial charge in [0, 0.05) is 32.7 Å². The summed E-state index contributed by atoms with van der Waals surface area (Å²) in [6, 6.07) is 25.4. The molecule has 1 N–H and O–H groups in total. The van der Waals surface area contributed by atoms with E-state index in [0.29, 0.717) is 26.2 Å². The van der Waals surface area contributed by atoms with Crippen LogP contribution in [0.4, 0.5) is 5.69 Å². The zero-order chi connectivity index (χ0) is 27.3. The van der Waals surface area contributed by atoms with Gasteiger partial charge in [-0.05, 0) is 60.2 Å². The summed E-state index contributed by atoms with van der Waals surface area (Å²) in [5, 5.41) is 3.80. The molecular weight excluding hydrogens is 567 g/mol. The first-order valence-electron chi connectivity index (χ1n) is 11.3. The summed E-state index contributed by atoms with van der Waals surface area (Å²) in [5.74, 6) is -0.984. The smallest absolute Gasteiger partial charge is 0.243 e. The van der Waals surface area contributed by atoms with Crippen LogP contribution in [0.5, 0.6) is 0 Å². The van der Waals surface area contributed by atoms with Gasteiger partial charge in [-0.3, -0.25) is 9.59 Å². The van der Waals surface area contributed by atoms with Crippen molar-refractivity contribution in [1.82, 2.24) is 4.31 Å². The van der Waals surface area contributed by atoms with Crippen molar-refractivity contribution in [2.75, 3.05) is 11.9 Å². The molecule has 0 aliphatic carbocycles. The fourth-order valence-electron chi connectivity index (χ4n) is 3.73.